The van der Waals surface area contributed by atoms with E-state index in [1.54, 1.807) is 48.5 Å². The number of aliphatic imine (C=N–C) groups is 2. The van der Waals surface area contributed by atoms with Crippen LogP contribution >= 0.6 is 8.32 Å². The van der Waals surface area contributed by atoms with Crippen molar-refractivity contribution in [2.45, 2.75) is 0 Å². The Kier molecular flexibility index (Phi) is 7.53. The van der Waals surface area contributed by atoms with E-state index in [1.165, 1.54) is 0 Å². The van der Waals surface area contributed by atoms with Crippen LogP contribution in [0.3, 0.4) is 0 Å². The Labute approximate surface area is 321 Å². The van der Waals surface area contributed by atoms with Crippen LogP contribution in [-0.4, -0.2) is 58.7 Å². The number of hydrogen-bond acceptors (Lipinski definition) is 6. The fraction of sp³-hybridized carbons (Fsp3) is 0. The van der Waals surface area contributed by atoms with Gasteiger partial charge in [-0.3, -0.25) is 0 Å². The number of nitrogens with zero attached hydrogens (tertiary/aromatic N) is 4. The van der Waals surface area contributed by atoms with E-state index in [1.807, 2.05) is 72.8 Å². The molecule has 8 nitrogen and oxygen atoms in total. The molecule has 4 aliphatic heterocycles. The zero-order valence-corrected chi connectivity index (χ0v) is 33.6. The maximum absolute atomic E-state index is 10.3. The minimum atomic E-state index is -4.14. The summed E-state index contributed by atoms with van der Waals surface area (Å²) >= 11 is -4.14. The molecule has 0 unspecified atom stereocenters. The number of allylic oxidation sites excluding steroid dienone is 4. The van der Waals surface area contributed by atoms with Crippen molar-refractivity contribution in [3.8, 4) is 23.0 Å². The SMILES string of the molecule is Oc1ccc(C2=C3C=CC(=N3)C(c3ccc(O)cc3)=c3ccc4[n]3[Tl]([Cl])[n]3c2ccc3C(c2ccc(O)cc2)=C2C=CC(=N2)C=4c2ccc(O)cc2)cc1. The Hall–Kier alpha value is -6.11. The molecule has 54 heavy (non-hydrogen) atoms. The van der Waals surface area contributed by atoms with Gasteiger partial charge in [-0.05, 0) is 0 Å². The van der Waals surface area contributed by atoms with Gasteiger partial charge in [-0.15, -0.1) is 0 Å². The molecule has 0 fully saturated rings. The molecule has 0 amide bonds. The third-order valence-electron chi connectivity index (χ3n) is 10.2. The van der Waals surface area contributed by atoms with E-state index in [2.05, 4.69) is 29.0 Å². The van der Waals surface area contributed by atoms with Crippen molar-refractivity contribution in [3.05, 3.63) is 201 Å². The van der Waals surface area contributed by atoms with Gasteiger partial charge < -0.3 is 0 Å². The second-order valence-corrected chi connectivity index (χ2v) is 23.2. The summed E-state index contributed by atoms with van der Waals surface area (Å²) in [5.74, 6) is 0.636. The van der Waals surface area contributed by atoms with E-state index >= 15 is 0 Å². The van der Waals surface area contributed by atoms with E-state index in [4.69, 9.17) is 18.3 Å². The fourth-order valence-corrected chi connectivity index (χ4v) is 19.3. The van der Waals surface area contributed by atoms with Crippen molar-refractivity contribution >= 4 is 64.1 Å². The summed E-state index contributed by atoms with van der Waals surface area (Å²) in [4.78, 5) is 10.6. The van der Waals surface area contributed by atoms with Crippen molar-refractivity contribution in [2.24, 2.45) is 9.98 Å². The van der Waals surface area contributed by atoms with Crippen LogP contribution in [0.15, 0.2) is 167 Å². The van der Waals surface area contributed by atoms with Crippen molar-refractivity contribution in [2.75, 3.05) is 0 Å². The van der Waals surface area contributed by atoms with Crippen molar-refractivity contribution in [1.29, 1.82) is 0 Å². The van der Waals surface area contributed by atoms with Gasteiger partial charge in [0.25, 0.3) is 0 Å². The molecule has 4 aliphatic rings. The second kappa shape index (κ2) is 12.5. The summed E-state index contributed by atoms with van der Waals surface area (Å²) in [6, 6.07) is 37.0. The van der Waals surface area contributed by atoms with E-state index in [9.17, 15) is 20.4 Å². The van der Waals surface area contributed by atoms with E-state index in [0.717, 1.165) is 89.4 Å². The van der Waals surface area contributed by atoms with Crippen LogP contribution in [0.2, 0.25) is 0 Å². The van der Waals surface area contributed by atoms with Crippen LogP contribution in [0.4, 0.5) is 0 Å². The fourth-order valence-electron chi connectivity index (χ4n) is 7.79. The number of rotatable bonds is 4. The zero-order valence-electron chi connectivity index (χ0n) is 28.4. The first-order valence-electron chi connectivity index (χ1n) is 17.3. The van der Waals surface area contributed by atoms with Crippen molar-refractivity contribution in [3.63, 3.8) is 0 Å². The summed E-state index contributed by atoms with van der Waals surface area (Å²) in [7, 11) is 8.25. The van der Waals surface area contributed by atoms with Gasteiger partial charge in [-0.25, -0.2) is 0 Å². The molecule has 0 radical (unpaired) electrons. The molecule has 4 N–H and O–H groups in total. The number of halogens is 1. The molecule has 258 valence electrons. The predicted octanol–water partition coefficient (Wildman–Crippen LogP) is 6.70. The van der Waals surface area contributed by atoms with E-state index < -0.39 is 22.1 Å². The van der Waals surface area contributed by atoms with Gasteiger partial charge in [0, 0.05) is 0 Å². The number of benzene rings is 4. The van der Waals surface area contributed by atoms with Crippen LogP contribution in [0.5, 0.6) is 23.0 Å². The zero-order chi connectivity index (χ0) is 36.7. The Morgan fingerprint density at radius 1 is 0.389 bits per heavy atom. The molecule has 4 aromatic carbocycles. The summed E-state index contributed by atoms with van der Waals surface area (Å²) in [5, 5.41) is 43.1. The molecule has 0 spiro atoms. The first kappa shape index (κ1) is 32.5. The molecule has 6 heterocycles. The van der Waals surface area contributed by atoms with Crippen molar-refractivity contribution < 1.29 is 20.4 Å². The Morgan fingerprint density at radius 2 is 0.722 bits per heavy atom. The third kappa shape index (κ3) is 5.16. The molecule has 0 atom stereocenters. The van der Waals surface area contributed by atoms with E-state index in [-0.39, 0.29) is 23.0 Å². The van der Waals surface area contributed by atoms with Gasteiger partial charge in [0.1, 0.15) is 0 Å². The summed E-state index contributed by atoms with van der Waals surface area (Å²) in [5.41, 5.74) is 11.7. The number of hydrogen-bond donors (Lipinski definition) is 4. The molecular formula is C44H28ClN4O4Tl. The molecule has 6 bridgehead atoms. The summed E-state index contributed by atoms with van der Waals surface area (Å²) in [6.45, 7) is 0. The van der Waals surface area contributed by atoms with Crippen LogP contribution < -0.4 is 10.7 Å². The Balaban J connectivity index is 1.43. The van der Waals surface area contributed by atoms with E-state index in [0.29, 0.717) is 0 Å². The molecule has 0 saturated heterocycles. The molecule has 10 heteroatoms. The number of phenolic OH excluding ortho intramolecular Hbond substituents is 4. The number of aromatic hydroxyl groups is 4. The molecule has 10 rings (SSSR count). The molecule has 2 aromatic heterocycles. The molecule has 0 saturated carbocycles. The average molecular weight is 917 g/mol. The first-order chi connectivity index (χ1) is 26.3. The van der Waals surface area contributed by atoms with Gasteiger partial charge in [-0.1, -0.05) is 0 Å². The number of fused-ring (bicyclic) bond motifs is 2. The quantitative estimate of drug-likeness (QED) is 0.148. The van der Waals surface area contributed by atoms with Crippen molar-refractivity contribution in [1.82, 2.24) is 4.75 Å². The van der Waals surface area contributed by atoms with Crippen LogP contribution in [0.25, 0.3) is 22.3 Å². The monoisotopic (exact) mass is 916 g/mol. The van der Waals surface area contributed by atoms with Crippen LogP contribution in [0.1, 0.15) is 33.6 Å². The molecular weight excluding hydrogens is 888 g/mol. The standard InChI is InChI=1S/C44H28N4O4.ClH.Tl/c49-29-9-1-25(2-10-29)41-33-17-19-35(45-33)42(26-3-11-30(50)12-4-26)37-21-23-39(47-37)44(28-7-15-32(52)16-8-28)40-24-22-38(48-40)43(36-20-18-34(41)46-36)27-5-13-31(51)14-6-27;;/h1-24H,(H4-2,45,46,47,48,49,50,51,52);1H;/q-2;;+3/p-1. The maximum atomic E-state index is 10.3. The van der Waals surface area contributed by atoms with Gasteiger partial charge >= 0.3 is 324 Å². The Bertz CT molecular complexity index is 2700. The van der Waals surface area contributed by atoms with Gasteiger partial charge in [0.15, 0.2) is 0 Å². The minimum absolute atomic E-state index is 0.159. The average Bonchev–Trinajstić information content (AvgIpc) is 4.00. The van der Waals surface area contributed by atoms with Gasteiger partial charge in [0.05, 0.1) is 0 Å². The van der Waals surface area contributed by atoms with Crippen LogP contribution in [0, 0.1) is 0 Å². The number of aromatic nitrogens is 2. The normalized spacial score (nSPS) is 15.6. The predicted molar refractivity (Wildman–Crippen MR) is 213 cm³/mol. The topological polar surface area (TPSA) is 116 Å². The molecule has 0 aliphatic carbocycles. The van der Waals surface area contributed by atoms with Gasteiger partial charge in [0.2, 0.25) is 0 Å². The first-order valence-corrected chi connectivity index (χ1v) is 26.9. The molecule has 6 aromatic rings. The second-order valence-electron chi connectivity index (χ2n) is 13.4. The van der Waals surface area contributed by atoms with Gasteiger partial charge in [-0.2, -0.15) is 0 Å². The van der Waals surface area contributed by atoms with Crippen LogP contribution in [-0.2, 0) is 0 Å². The number of phenols is 4. The third-order valence-corrected chi connectivity index (χ3v) is 21.3. The Morgan fingerprint density at radius 3 is 1.07 bits per heavy atom. The summed E-state index contributed by atoms with van der Waals surface area (Å²) in [6.07, 6.45) is 8.09. The summed E-state index contributed by atoms with van der Waals surface area (Å²) < 4.78 is 4.64.